The van der Waals surface area contributed by atoms with E-state index in [1.807, 2.05) is 0 Å². The number of amides is 6. The van der Waals surface area contributed by atoms with Crippen LogP contribution in [0, 0.1) is 0 Å². The number of carbonyl (C=O) groups is 6. The molecule has 2 aliphatic heterocycles. The molecule has 0 spiro atoms. The second-order valence-corrected chi connectivity index (χ2v) is 15.2. The van der Waals surface area contributed by atoms with Gasteiger partial charge in [0.1, 0.15) is 0 Å². The lowest BCUT2D eigenvalue weighted by molar-refractivity contribution is -0.187. The van der Waals surface area contributed by atoms with Crippen molar-refractivity contribution in [1.82, 2.24) is 39.2 Å². The predicted octanol–water partition coefficient (Wildman–Crippen LogP) is 7.87. The van der Waals surface area contributed by atoms with Gasteiger partial charge in [0.15, 0.2) is 0 Å². The first-order valence-electron chi connectivity index (χ1n) is 21.4. The summed E-state index contributed by atoms with van der Waals surface area (Å²) in [4.78, 5) is 77.8. The fourth-order valence-corrected chi connectivity index (χ4v) is 7.03. The van der Waals surface area contributed by atoms with Crippen molar-refractivity contribution in [2.75, 3.05) is 126 Å². The van der Waals surface area contributed by atoms with Crippen LogP contribution < -0.4 is 0 Å². The molecule has 2 aliphatic rings. The monoisotopic (exact) mass is 1080 g/mol. The van der Waals surface area contributed by atoms with E-state index >= 15 is 0 Å². The maximum Gasteiger partial charge on any atom is 0.471 e. The van der Waals surface area contributed by atoms with Gasteiger partial charge >= 0.3 is 54.7 Å². The Morgan fingerprint density at radius 2 is 0.528 bits per heavy atom. The third kappa shape index (κ3) is 26.9. The van der Waals surface area contributed by atoms with Gasteiger partial charge in [-0.1, -0.05) is 24.3 Å². The van der Waals surface area contributed by atoms with E-state index in [9.17, 15) is 108 Å². The van der Waals surface area contributed by atoms with E-state index in [2.05, 4.69) is 0 Å². The van der Waals surface area contributed by atoms with Gasteiger partial charge in [0.05, 0.1) is 0 Å². The van der Waals surface area contributed by atoms with Gasteiger partial charge in [-0.3, -0.25) is 24.2 Å². The molecule has 3 rings (SSSR count). The van der Waals surface area contributed by atoms with Crippen molar-refractivity contribution in [3.63, 3.8) is 0 Å². The largest absolute Gasteiger partial charge is 0.471 e. The Kier molecular flexibility index (Phi) is 31.7. The van der Waals surface area contributed by atoms with Crippen LogP contribution in [-0.2, 0) is 27.5 Å². The van der Waals surface area contributed by atoms with Gasteiger partial charge in [-0.05, 0) is 36.8 Å². The summed E-state index contributed by atoms with van der Waals surface area (Å²) in [5.74, 6) is -6.80. The summed E-state index contributed by atoms with van der Waals surface area (Å²) in [6.07, 6.45) is -22.5. The molecule has 1 aromatic rings. The molecular formula is C40H54F18N8O6. The van der Waals surface area contributed by atoms with Crippen molar-refractivity contribution in [2.45, 2.75) is 57.3 Å². The smallest absolute Gasteiger partial charge is 0.334 e. The third-order valence-corrected chi connectivity index (χ3v) is 10.3. The van der Waals surface area contributed by atoms with Crippen molar-refractivity contribution >= 4 is 36.2 Å². The summed E-state index contributed by atoms with van der Waals surface area (Å²) in [5.41, 5.74) is 1.18. The summed E-state index contributed by atoms with van der Waals surface area (Å²) < 4.78 is 220. The van der Waals surface area contributed by atoms with Crippen LogP contribution in [0.5, 0.6) is 0 Å². The van der Waals surface area contributed by atoms with Crippen LogP contribution in [0.25, 0.3) is 0 Å². The van der Waals surface area contributed by atoms with Gasteiger partial charge in [-0.15, -0.1) is 13.2 Å². The highest BCUT2D eigenvalue weighted by Gasteiger charge is 2.45. The van der Waals surface area contributed by atoms with Crippen molar-refractivity contribution in [3.8, 4) is 0 Å². The molecule has 416 valence electrons. The highest BCUT2D eigenvalue weighted by molar-refractivity contribution is 5.83. The maximum absolute atomic E-state index is 14.0. The molecule has 14 nitrogen and oxygen atoms in total. The number of alkyl halides is 15. The lowest BCUT2D eigenvalue weighted by Gasteiger charge is -2.32. The Bertz CT molecular complexity index is 1760. The fourth-order valence-electron chi connectivity index (χ4n) is 7.03. The van der Waals surface area contributed by atoms with Gasteiger partial charge in [0.25, 0.3) is 0 Å². The molecular weight excluding hydrogens is 1030 g/mol. The van der Waals surface area contributed by atoms with E-state index in [0.717, 1.165) is 4.90 Å². The summed E-state index contributed by atoms with van der Waals surface area (Å²) >= 11 is 0. The normalized spacial score (nSPS) is 17.4. The van der Waals surface area contributed by atoms with E-state index in [0.29, 0.717) is 30.7 Å². The van der Waals surface area contributed by atoms with E-state index in [-0.39, 0.29) is 89.6 Å². The zero-order valence-corrected chi connectivity index (χ0v) is 38.3. The minimum absolute atomic E-state index is 0.00167. The topological polar surface area (TPSA) is 128 Å². The number of carbonyl (C=O) groups excluding carboxylic acids is 6. The van der Waals surface area contributed by atoms with Crippen LogP contribution in [-0.4, -0.2) is 219 Å². The molecule has 0 aromatic heterocycles. The number of nitrogens with zero attached hydrogens (tertiary/aromatic N) is 8. The molecule has 0 radical (unpaired) electrons. The average Bonchev–Trinajstić information content (AvgIpc) is 3.27. The number of rotatable bonds is 4. The number of hydrogen-bond donors (Lipinski definition) is 0. The van der Waals surface area contributed by atoms with Crippen molar-refractivity contribution in [1.29, 1.82) is 0 Å². The number of hydrogen-bond acceptors (Lipinski definition) is 8. The highest BCUT2D eigenvalue weighted by Crippen LogP contribution is 2.23. The van der Waals surface area contributed by atoms with Crippen LogP contribution in [0.2, 0.25) is 0 Å². The Morgan fingerprint density at radius 3 is 0.764 bits per heavy atom. The zero-order chi connectivity index (χ0) is 55.2. The summed E-state index contributed by atoms with van der Waals surface area (Å²) in [6, 6.07) is 6.54. The Labute approximate surface area is 401 Å². The number of halogens is 18. The number of benzene rings is 1. The quantitative estimate of drug-likeness (QED) is 0.170. The first kappa shape index (κ1) is 66.7. The first-order valence-corrected chi connectivity index (χ1v) is 21.4. The molecule has 6 amide bonds. The molecule has 0 saturated carbocycles. The predicted molar refractivity (Wildman–Crippen MR) is 219 cm³/mol. The Morgan fingerprint density at radius 1 is 0.333 bits per heavy atom. The van der Waals surface area contributed by atoms with Gasteiger partial charge in [-0.25, -0.2) is 40.7 Å². The second-order valence-electron chi connectivity index (χ2n) is 15.2. The molecule has 0 N–H and O–H groups in total. The highest BCUT2D eigenvalue weighted by atomic mass is 19.4. The molecule has 2 fully saturated rings. The maximum atomic E-state index is 14.0. The Balaban J connectivity index is 0.00000519. The molecule has 0 atom stereocenters. The summed E-state index contributed by atoms with van der Waals surface area (Å²) in [7, 11) is 0. The van der Waals surface area contributed by atoms with Crippen LogP contribution in [0.3, 0.4) is 0 Å². The fraction of sp³-hybridized carbons (Fsp3) is 0.700. The average molecular weight is 1080 g/mol. The van der Waals surface area contributed by atoms with Crippen LogP contribution in [0.1, 0.15) is 36.8 Å². The molecule has 0 aliphatic carbocycles. The molecule has 1 aromatic carbocycles. The van der Waals surface area contributed by atoms with Crippen LogP contribution in [0.4, 0.5) is 93.4 Å². The summed E-state index contributed by atoms with van der Waals surface area (Å²) in [6.45, 7) is -11.7. The van der Waals surface area contributed by atoms with Gasteiger partial charge in [0, 0.05) is 118 Å². The molecule has 0 unspecified atom stereocenters. The van der Waals surface area contributed by atoms with Crippen molar-refractivity contribution in [2.24, 2.45) is 0 Å². The van der Waals surface area contributed by atoms with Crippen LogP contribution in [0.15, 0.2) is 24.3 Å². The SMILES string of the molecule is FCF.FCF.FCF.O=C(F)N1CCCN(C(=O)F)CCN(C(=O)C(F)(F)F)CCCN(Cc2ccc(CN3CCCN(C(=O)F)CCN(C(=O)C(F)(F)F)CCCN(C(=O)C(F)(F)F)CC3)cc2)CC1. The Hall–Kier alpha value is -5.30. The van der Waals surface area contributed by atoms with E-state index in [1.54, 1.807) is 34.1 Å². The van der Waals surface area contributed by atoms with E-state index < -0.39 is 134 Å². The minimum Gasteiger partial charge on any atom is -0.334 e. The lowest BCUT2D eigenvalue weighted by atomic mass is 10.1. The molecule has 0 bridgehead atoms. The molecule has 2 saturated heterocycles. The minimum atomic E-state index is -5.37. The first-order chi connectivity index (χ1) is 33.6. The van der Waals surface area contributed by atoms with Crippen molar-refractivity contribution < 1.29 is 108 Å². The van der Waals surface area contributed by atoms with E-state index in [1.165, 1.54) is 0 Å². The lowest BCUT2D eigenvalue weighted by Crippen LogP contribution is -2.49. The van der Waals surface area contributed by atoms with Gasteiger partial charge in [-0.2, -0.15) is 39.5 Å². The van der Waals surface area contributed by atoms with E-state index in [4.69, 9.17) is 0 Å². The third-order valence-electron chi connectivity index (χ3n) is 10.3. The zero-order valence-electron chi connectivity index (χ0n) is 38.3. The molecule has 2 heterocycles. The van der Waals surface area contributed by atoms with Gasteiger partial charge < -0.3 is 29.4 Å². The summed E-state index contributed by atoms with van der Waals surface area (Å²) in [5, 5.41) is 0. The van der Waals surface area contributed by atoms with Gasteiger partial charge in [0.2, 0.25) is 20.8 Å². The van der Waals surface area contributed by atoms with Crippen molar-refractivity contribution in [3.05, 3.63) is 35.4 Å². The molecule has 72 heavy (non-hydrogen) atoms. The second kappa shape index (κ2) is 34.2. The standard InChI is InChI=1S/C37H48F12N8O6.3CH2F2/c38-32(61)55-15-4-16-57(34(40)63)24-21-53(30(59)36(44,45)46)11-1-9-51(18-20-55)26-28-7-5-27(6-8-28)25-50-10-2-14-56(33(39)62)23-22-54(31(60)37(47,48)49)13-3-12-52(19-17-50)29(58)35(41,42)43;3*2-1-3/h5-8H,1-4,9-26H2;3*1H2. The molecule has 32 heteroatoms. The van der Waals surface area contributed by atoms with Crippen LogP contribution >= 0.6 is 0 Å².